The minimum atomic E-state index is -3.04. The van der Waals surface area contributed by atoms with Gasteiger partial charge in [0.05, 0.1) is 23.2 Å². The maximum Gasteiger partial charge on any atom is 0.176 e. The van der Waals surface area contributed by atoms with E-state index >= 15 is 0 Å². The Morgan fingerprint density at radius 1 is 1.32 bits per heavy atom. The van der Waals surface area contributed by atoms with Gasteiger partial charge >= 0.3 is 0 Å². The quantitative estimate of drug-likeness (QED) is 0.771. The number of benzene rings is 1. The fourth-order valence-electron chi connectivity index (χ4n) is 3.08. The van der Waals surface area contributed by atoms with Crippen LogP contribution in [-0.2, 0) is 9.84 Å². The van der Waals surface area contributed by atoms with Crippen molar-refractivity contribution < 1.29 is 12.8 Å². The molecule has 0 saturated carbocycles. The van der Waals surface area contributed by atoms with Gasteiger partial charge in [0.1, 0.15) is 17.3 Å². The van der Waals surface area contributed by atoms with Crippen LogP contribution in [0.25, 0.3) is 22.8 Å². The van der Waals surface area contributed by atoms with Gasteiger partial charge in [0, 0.05) is 5.56 Å². The maximum absolute atomic E-state index is 13.9. The Morgan fingerprint density at radius 2 is 2.12 bits per heavy atom. The summed E-state index contributed by atoms with van der Waals surface area (Å²) in [5.41, 5.74) is 1.42. The van der Waals surface area contributed by atoms with Crippen LogP contribution in [0.4, 0.5) is 4.39 Å². The highest BCUT2D eigenvalue weighted by Crippen LogP contribution is 2.29. The first-order valence-electron chi connectivity index (χ1n) is 7.87. The van der Waals surface area contributed by atoms with E-state index in [-0.39, 0.29) is 23.4 Å². The molecule has 1 aromatic carbocycles. The van der Waals surface area contributed by atoms with E-state index in [9.17, 15) is 12.8 Å². The zero-order valence-electron chi connectivity index (χ0n) is 13.5. The number of halogens is 1. The first-order chi connectivity index (χ1) is 11.9. The molecule has 1 fully saturated rings. The molecule has 1 unspecified atom stereocenters. The van der Waals surface area contributed by atoms with Crippen LogP contribution in [0.15, 0.2) is 30.3 Å². The molecule has 3 heterocycles. The number of hydrogen-bond acceptors (Lipinski definition) is 5. The molecule has 7 nitrogen and oxygen atoms in total. The number of nitrogens with one attached hydrogen (secondary N) is 1. The molecule has 0 bridgehead atoms. The fourth-order valence-corrected chi connectivity index (χ4v) is 4.77. The highest BCUT2D eigenvalue weighted by atomic mass is 32.2. The van der Waals surface area contributed by atoms with Crippen molar-refractivity contribution in [3.63, 3.8) is 0 Å². The number of H-pyrrole nitrogens is 1. The van der Waals surface area contributed by atoms with Crippen molar-refractivity contribution in [2.75, 3.05) is 11.5 Å². The van der Waals surface area contributed by atoms with Crippen molar-refractivity contribution in [2.24, 2.45) is 0 Å². The van der Waals surface area contributed by atoms with E-state index in [1.54, 1.807) is 35.9 Å². The van der Waals surface area contributed by atoms with E-state index in [2.05, 4.69) is 20.3 Å². The molecule has 0 spiro atoms. The highest BCUT2D eigenvalue weighted by Gasteiger charge is 2.32. The van der Waals surface area contributed by atoms with E-state index < -0.39 is 9.84 Å². The van der Waals surface area contributed by atoms with Crippen molar-refractivity contribution >= 4 is 9.84 Å². The highest BCUT2D eigenvalue weighted by molar-refractivity contribution is 7.91. The third kappa shape index (κ3) is 2.95. The molecule has 1 aliphatic heterocycles. The van der Waals surface area contributed by atoms with Crippen LogP contribution in [0.5, 0.6) is 0 Å². The van der Waals surface area contributed by atoms with Crippen molar-refractivity contribution in [1.82, 2.24) is 25.0 Å². The average Bonchev–Trinajstić information content (AvgIpc) is 3.26. The summed E-state index contributed by atoms with van der Waals surface area (Å²) in [6, 6.07) is 7.83. The predicted molar refractivity (Wildman–Crippen MR) is 90.0 cm³/mol. The lowest BCUT2D eigenvalue weighted by Crippen LogP contribution is -2.14. The number of aromatic amines is 1. The topological polar surface area (TPSA) is 93.5 Å². The molecule has 1 aliphatic rings. The third-order valence-corrected chi connectivity index (χ3v) is 6.01. The zero-order chi connectivity index (χ0) is 17.6. The molecule has 25 heavy (non-hydrogen) atoms. The molecule has 0 aliphatic carbocycles. The van der Waals surface area contributed by atoms with Crippen LogP contribution >= 0.6 is 0 Å². The van der Waals surface area contributed by atoms with Gasteiger partial charge in [0.2, 0.25) is 0 Å². The van der Waals surface area contributed by atoms with E-state index in [4.69, 9.17) is 0 Å². The molecule has 0 radical (unpaired) electrons. The second kappa shape index (κ2) is 5.76. The van der Waals surface area contributed by atoms with E-state index in [0.29, 0.717) is 35.0 Å². The van der Waals surface area contributed by atoms with E-state index in [1.165, 1.54) is 6.07 Å². The van der Waals surface area contributed by atoms with Crippen molar-refractivity contribution in [2.45, 2.75) is 19.4 Å². The van der Waals surface area contributed by atoms with Gasteiger partial charge in [0.15, 0.2) is 15.7 Å². The lowest BCUT2D eigenvalue weighted by atomic mass is 10.1. The molecular weight excluding hydrogens is 345 g/mol. The van der Waals surface area contributed by atoms with Crippen LogP contribution in [0.1, 0.15) is 18.3 Å². The second-order valence-corrected chi connectivity index (χ2v) is 8.36. The summed E-state index contributed by atoms with van der Waals surface area (Å²) in [6.07, 6.45) is 0.506. The van der Waals surface area contributed by atoms with Crippen molar-refractivity contribution in [3.8, 4) is 22.8 Å². The number of sulfone groups is 1. The van der Waals surface area contributed by atoms with Gasteiger partial charge in [0.25, 0.3) is 0 Å². The van der Waals surface area contributed by atoms with Gasteiger partial charge in [-0.05, 0) is 31.5 Å². The molecule has 9 heteroatoms. The Balaban J connectivity index is 1.73. The van der Waals surface area contributed by atoms with Crippen molar-refractivity contribution in [3.05, 3.63) is 42.0 Å². The van der Waals surface area contributed by atoms with Crippen LogP contribution in [0.2, 0.25) is 0 Å². The Hall–Kier alpha value is -2.55. The average molecular weight is 361 g/mol. The maximum atomic E-state index is 13.9. The van der Waals surface area contributed by atoms with Crippen LogP contribution in [0.3, 0.4) is 0 Å². The summed E-state index contributed by atoms with van der Waals surface area (Å²) in [4.78, 5) is 4.39. The van der Waals surface area contributed by atoms with Gasteiger partial charge in [-0.25, -0.2) is 22.5 Å². The molecule has 1 atom stereocenters. The monoisotopic (exact) mass is 361 g/mol. The normalized spacial score (nSPS) is 19.4. The minimum absolute atomic E-state index is 0.0527. The molecule has 1 N–H and O–H groups in total. The van der Waals surface area contributed by atoms with Crippen LogP contribution in [0, 0.1) is 12.7 Å². The molecule has 3 aromatic rings. The molecular formula is C16H16FN5O2S. The number of hydrogen-bond donors (Lipinski definition) is 1. The SMILES string of the molecule is Cc1nc(-c2cc(-c3ccccc3F)n[nH]2)n(C2CCS(=O)(=O)C2)n1. The Kier molecular flexibility index (Phi) is 3.68. The van der Waals surface area contributed by atoms with Gasteiger partial charge in [-0.1, -0.05) is 12.1 Å². The van der Waals surface area contributed by atoms with Crippen LogP contribution in [-0.4, -0.2) is 44.9 Å². The van der Waals surface area contributed by atoms with Crippen LogP contribution < -0.4 is 0 Å². The van der Waals surface area contributed by atoms with Gasteiger partial charge < -0.3 is 0 Å². The van der Waals surface area contributed by atoms with Gasteiger partial charge in [-0.3, -0.25) is 5.10 Å². The second-order valence-electron chi connectivity index (χ2n) is 6.13. The third-order valence-electron chi connectivity index (χ3n) is 4.26. The molecule has 1 saturated heterocycles. The first-order valence-corrected chi connectivity index (χ1v) is 9.69. The number of rotatable bonds is 3. The lowest BCUT2D eigenvalue weighted by molar-refractivity contribution is 0.501. The number of nitrogens with zero attached hydrogens (tertiary/aromatic N) is 4. The summed E-state index contributed by atoms with van der Waals surface area (Å²) in [7, 11) is -3.04. The lowest BCUT2D eigenvalue weighted by Gasteiger charge is -2.10. The zero-order valence-corrected chi connectivity index (χ0v) is 14.3. The van der Waals surface area contributed by atoms with E-state index in [1.807, 2.05) is 0 Å². The van der Waals surface area contributed by atoms with Gasteiger partial charge in [-0.15, -0.1) is 0 Å². The summed E-state index contributed by atoms with van der Waals surface area (Å²) in [5.74, 6) is 0.896. The minimum Gasteiger partial charge on any atom is -0.274 e. The molecule has 0 amide bonds. The molecule has 4 rings (SSSR count). The molecule has 2 aromatic heterocycles. The first kappa shape index (κ1) is 15.9. The summed E-state index contributed by atoms with van der Waals surface area (Å²) < 4.78 is 39.1. The van der Waals surface area contributed by atoms with E-state index in [0.717, 1.165) is 0 Å². The van der Waals surface area contributed by atoms with Crippen molar-refractivity contribution in [1.29, 1.82) is 0 Å². The standard InChI is InChI=1S/C16H16FN5O2S/c1-10-18-16(22(21-10)11-6-7-25(23,24)9-11)15-8-14(19-20-15)12-4-2-3-5-13(12)17/h2-5,8,11H,6-7,9H2,1H3,(H,19,20). The van der Waals surface area contributed by atoms with Gasteiger partial charge in [-0.2, -0.15) is 10.2 Å². The molecule has 130 valence electrons. The largest absolute Gasteiger partial charge is 0.274 e. The summed E-state index contributed by atoms with van der Waals surface area (Å²) in [5, 5.41) is 11.4. The smallest absolute Gasteiger partial charge is 0.176 e. The Labute approximate surface area is 143 Å². The predicted octanol–water partition coefficient (Wildman–Crippen LogP) is 2.14. The summed E-state index contributed by atoms with van der Waals surface area (Å²) in [6.45, 7) is 1.75. The summed E-state index contributed by atoms with van der Waals surface area (Å²) >= 11 is 0. The fraction of sp³-hybridized carbons (Fsp3) is 0.312. The Morgan fingerprint density at radius 3 is 2.84 bits per heavy atom. The number of aryl methyl sites for hydroxylation is 1. The number of aromatic nitrogens is 5. The Bertz CT molecular complexity index is 1040.